The Morgan fingerprint density at radius 2 is 1.73 bits per heavy atom. The second kappa shape index (κ2) is 13.1. The minimum absolute atomic E-state index is 0.00563. The molecule has 2 aliphatic heterocycles. The van der Waals surface area contributed by atoms with Crippen LogP contribution in [0.2, 0.25) is 0 Å². The van der Waals surface area contributed by atoms with E-state index < -0.39 is 0 Å². The minimum Gasteiger partial charge on any atom is -0.352 e. The van der Waals surface area contributed by atoms with E-state index in [1.165, 1.54) is 29.3 Å². The van der Waals surface area contributed by atoms with Crippen molar-refractivity contribution in [2.24, 2.45) is 11.8 Å². The lowest BCUT2D eigenvalue weighted by atomic mass is 9.92. The molecule has 3 aromatic carbocycles. The Kier molecular flexibility index (Phi) is 9.31. The van der Waals surface area contributed by atoms with Crippen LogP contribution >= 0.6 is 11.8 Å². The van der Waals surface area contributed by atoms with Gasteiger partial charge in [-0.2, -0.15) is 0 Å². The number of thioether (sulfide) groups is 1. The van der Waals surface area contributed by atoms with E-state index in [4.69, 9.17) is 0 Å². The summed E-state index contributed by atoms with van der Waals surface area (Å²) in [5.41, 5.74) is 5.98. The number of nitrogens with one attached hydrogen (secondary N) is 1. The van der Waals surface area contributed by atoms with Crippen molar-refractivity contribution >= 4 is 35.3 Å². The zero-order valence-corrected chi connectivity index (χ0v) is 25.5. The van der Waals surface area contributed by atoms with Gasteiger partial charge in [-0.05, 0) is 92.1 Å². The fourth-order valence-electron chi connectivity index (χ4n) is 6.02. The molecule has 0 aliphatic carbocycles. The molecule has 0 aromatic heterocycles. The molecule has 6 heteroatoms. The fraction of sp³-hybridized carbons (Fsp3) is 0.371. The summed E-state index contributed by atoms with van der Waals surface area (Å²) in [5.74, 6) is 1.44. The second-order valence-electron chi connectivity index (χ2n) is 11.8. The number of nitrogens with zero attached hydrogens (tertiary/aromatic N) is 2. The highest BCUT2D eigenvalue weighted by Crippen LogP contribution is 2.42. The van der Waals surface area contributed by atoms with Crippen LogP contribution in [0.3, 0.4) is 0 Å². The van der Waals surface area contributed by atoms with Gasteiger partial charge in [0.25, 0.3) is 11.8 Å². The largest absolute Gasteiger partial charge is 0.352 e. The van der Waals surface area contributed by atoms with E-state index in [1.54, 1.807) is 0 Å². The first kappa shape index (κ1) is 29.2. The van der Waals surface area contributed by atoms with Gasteiger partial charge >= 0.3 is 0 Å². The van der Waals surface area contributed by atoms with Gasteiger partial charge in [0, 0.05) is 30.1 Å². The summed E-state index contributed by atoms with van der Waals surface area (Å²) >= 11 is 1.50. The number of likely N-dealkylation sites (tertiary alicyclic amines) is 1. The van der Waals surface area contributed by atoms with E-state index in [0.29, 0.717) is 23.6 Å². The molecular weight excluding hydrogens is 526 g/mol. The molecule has 1 N–H and O–H groups in total. The summed E-state index contributed by atoms with van der Waals surface area (Å²) in [4.78, 5) is 32.6. The maximum Gasteiger partial charge on any atom is 0.265 e. The molecule has 0 unspecified atom stereocenters. The molecule has 0 radical (unpaired) electrons. The Labute approximate surface area is 249 Å². The molecule has 0 saturated carbocycles. The number of aryl methyl sites for hydroxylation is 2. The smallest absolute Gasteiger partial charge is 0.265 e. The maximum atomic E-state index is 13.7. The number of anilines is 1. The van der Waals surface area contributed by atoms with E-state index in [9.17, 15) is 9.59 Å². The Balaban J connectivity index is 1.23. The Morgan fingerprint density at radius 1 is 1.00 bits per heavy atom. The van der Waals surface area contributed by atoms with E-state index in [0.717, 1.165) is 59.6 Å². The van der Waals surface area contributed by atoms with Gasteiger partial charge in [-0.1, -0.05) is 73.6 Å². The van der Waals surface area contributed by atoms with Gasteiger partial charge in [0.05, 0.1) is 17.1 Å². The summed E-state index contributed by atoms with van der Waals surface area (Å²) in [7, 11) is 0. The maximum absolute atomic E-state index is 13.7. The van der Waals surface area contributed by atoms with Crippen LogP contribution in [0.5, 0.6) is 0 Å². The molecule has 0 spiro atoms. The fourth-order valence-corrected chi connectivity index (χ4v) is 7.08. The van der Waals surface area contributed by atoms with Gasteiger partial charge in [-0.15, -0.1) is 0 Å². The first-order chi connectivity index (χ1) is 19.8. The van der Waals surface area contributed by atoms with Gasteiger partial charge in [0.1, 0.15) is 0 Å². The topological polar surface area (TPSA) is 52.7 Å². The third kappa shape index (κ3) is 7.30. The van der Waals surface area contributed by atoms with Crippen LogP contribution in [0.4, 0.5) is 5.69 Å². The lowest BCUT2D eigenvalue weighted by Crippen LogP contribution is -2.40. The van der Waals surface area contributed by atoms with Crippen LogP contribution in [-0.2, 0) is 11.3 Å². The first-order valence-electron chi connectivity index (χ1n) is 14.7. The Bertz CT molecular complexity index is 1420. The zero-order valence-electron chi connectivity index (χ0n) is 24.7. The van der Waals surface area contributed by atoms with Crippen molar-refractivity contribution in [2.45, 2.75) is 52.0 Å². The van der Waals surface area contributed by atoms with Crippen molar-refractivity contribution in [3.63, 3.8) is 0 Å². The molecule has 2 heterocycles. The van der Waals surface area contributed by atoms with Crippen LogP contribution in [0, 0.1) is 25.7 Å². The van der Waals surface area contributed by atoms with E-state index >= 15 is 0 Å². The molecule has 3 aromatic rings. The molecular formula is C35H41N3O2S. The van der Waals surface area contributed by atoms with Gasteiger partial charge in [0.2, 0.25) is 0 Å². The van der Waals surface area contributed by atoms with Crippen molar-refractivity contribution < 1.29 is 9.59 Å². The van der Waals surface area contributed by atoms with Crippen molar-refractivity contribution in [1.29, 1.82) is 0 Å². The number of carbonyl (C=O) groups is 2. The molecule has 5 nitrogen and oxygen atoms in total. The summed E-state index contributed by atoms with van der Waals surface area (Å²) in [6.45, 7) is 13.4. The molecule has 1 saturated heterocycles. The van der Waals surface area contributed by atoms with Crippen LogP contribution in [-0.4, -0.2) is 42.9 Å². The molecule has 2 aliphatic rings. The highest BCUT2D eigenvalue weighted by molar-refractivity contribution is 8.04. The predicted molar refractivity (Wildman–Crippen MR) is 170 cm³/mol. The highest BCUT2D eigenvalue weighted by atomic mass is 32.2. The SMILES string of the molecule is Cc1ccc(C)c(CN2C(=O)/C(=C/c3ccc(C(=O)NCCCN4C[C@@H](C)C[C@H](C)C4)cc3)Sc3ccccc32)c1. The monoisotopic (exact) mass is 567 g/mol. The predicted octanol–water partition coefficient (Wildman–Crippen LogP) is 7.08. The average molecular weight is 568 g/mol. The third-order valence-electron chi connectivity index (χ3n) is 8.02. The first-order valence-corrected chi connectivity index (χ1v) is 15.6. The molecule has 2 atom stereocenters. The van der Waals surface area contributed by atoms with Gasteiger partial charge in [0.15, 0.2) is 0 Å². The lowest BCUT2D eigenvalue weighted by molar-refractivity contribution is -0.114. The summed E-state index contributed by atoms with van der Waals surface area (Å²) in [5, 5.41) is 3.07. The molecule has 1 fully saturated rings. The molecule has 41 heavy (non-hydrogen) atoms. The minimum atomic E-state index is -0.0543. The van der Waals surface area contributed by atoms with Crippen molar-refractivity contribution in [2.75, 3.05) is 31.1 Å². The zero-order chi connectivity index (χ0) is 28.9. The molecule has 2 amide bonds. The standard InChI is InChI=1S/C35H41N3O2S/c1-24-10-11-27(4)30(19-24)23-38-31-8-5-6-9-32(31)41-33(35(38)40)20-28-12-14-29(15-13-28)34(39)36-16-7-17-37-21-25(2)18-26(3)22-37/h5-6,8-15,19-20,25-26H,7,16-18,21-23H2,1-4H3,(H,36,39)/b33-20-/t25-,26-/m0/s1. The second-order valence-corrected chi connectivity index (χ2v) is 12.9. The Morgan fingerprint density at radius 3 is 2.49 bits per heavy atom. The van der Waals surface area contributed by atoms with Gasteiger partial charge < -0.3 is 15.1 Å². The summed E-state index contributed by atoms with van der Waals surface area (Å²) in [6.07, 6.45) is 4.20. The molecule has 214 valence electrons. The number of hydrogen-bond acceptors (Lipinski definition) is 4. The number of hydrogen-bond donors (Lipinski definition) is 1. The molecule has 0 bridgehead atoms. The lowest BCUT2D eigenvalue weighted by Gasteiger charge is -2.34. The van der Waals surface area contributed by atoms with Crippen molar-refractivity contribution in [3.05, 3.63) is 99.5 Å². The van der Waals surface area contributed by atoms with Crippen LogP contribution in [0.25, 0.3) is 6.08 Å². The Hall–Kier alpha value is -3.35. The normalized spacial score (nSPS) is 20.2. The number of benzene rings is 3. The number of carbonyl (C=O) groups excluding carboxylic acids is 2. The third-order valence-corrected chi connectivity index (χ3v) is 9.09. The molecule has 5 rings (SSSR count). The number of fused-ring (bicyclic) bond motifs is 1. The van der Waals surface area contributed by atoms with Crippen LogP contribution in [0.15, 0.2) is 76.5 Å². The van der Waals surface area contributed by atoms with Gasteiger partial charge in [-0.3, -0.25) is 9.59 Å². The van der Waals surface area contributed by atoms with Crippen LogP contribution in [0.1, 0.15) is 59.3 Å². The quantitative estimate of drug-likeness (QED) is 0.233. The highest BCUT2D eigenvalue weighted by Gasteiger charge is 2.29. The summed E-state index contributed by atoms with van der Waals surface area (Å²) in [6, 6.07) is 22.0. The van der Waals surface area contributed by atoms with E-state index in [1.807, 2.05) is 53.4 Å². The van der Waals surface area contributed by atoms with Crippen LogP contribution < -0.4 is 10.2 Å². The summed E-state index contributed by atoms with van der Waals surface area (Å²) < 4.78 is 0. The average Bonchev–Trinajstić information content (AvgIpc) is 2.95. The van der Waals surface area contributed by atoms with Crippen molar-refractivity contribution in [3.8, 4) is 0 Å². The number of rotatable bonds is 8. The van der Waals surface area contributed by atoms with Gasteiger partial charge in [-0.25, -0.2) is 0 Å². The van der Waals surface area contributed by atoms with Crippen molar-refractivity contribution in [1.82, 2.24) is 10.2 Å². The number of para-hydroxylation sites is 1. The van der Waals surface area contributed by atoms with E-state index in [2.05, 4.69) is 62.2 Å². The van der Waals surface area contributed by atoms with E-state index in [-0.39, 0.29) is 11.8 Å². The number of amides is 2. The number of piperidine rings is 1.